The highest BCUT2D eigenvalue weighted by atomic mass is 35.5. The summed E-state index contributed by atoms with van der Waals surface area (Å²) < 4.78 is 5.37. The minimum Gasteiger partial charge on any atom is -0.370 e. The number of nitrogens with one attached hydrogen (secondary N) is 3. The van der Waals surface area contributed by atoms with Gasteiger partial charge < -0.3 is 20.3 Å². The van der Waals surface area contributed by atoms with Crippen LogP contribution in [0.1, 0.15) is 22.3 Å². The molecule has 0 radical (unpaired) electrons. The minimum absolute atomic E-state index is 0.126. The Kier molecular flexibility index (Phi) is 7.29. The first-order valence-corrected chi connectivity index (χ1v) is 11.6. The number of morpholine rings is 1. The molecule has 31 heavy (non-hydrogen) atoms. The number of anilines is 1. The SMILES string of the molecule is O=C1Nc2cc(C(=O)NCCC[NH+]3CCOCC3)ccc2SC1=Cc1cccc(Cl)c1. The number of carbonyl (C=O) groups excluding carboxylic acids is 2. The summed E-state index contributed by atoms with van der Waals surface area (Å²) in [5.74, 6) is -0.317. The number of hydrogen-bond acceptors (Lipinski definition) is 4. The van der Waals surface area contributed by atoms with Crippen molar-refractivity contribution in [1.82, 2.24) is 5.32 Å². The second-order valence-corrected chi connectivity index (χ2v) is 9.07. The molecule has 0 aliphatic carbocycles. The Labute approximate surface area is 191 Å². The van der Waals surface area contributed by atoms with Gasteiger partial charge in [0.2, 0.25) is 0 Å². The average Bonchev–Trinajstić information content (AvgIpc) is 2.77. The molecule has 1 fully saturated rings. The van der Waals surface area contributed by atoms with E-state index in [0.29, 0.717) is 27.7 Å². The molecule has 1 saturated heterocycles. The third-order valence-corrected chi connectivity index (χ3v) is 6.61. The molecule has 2 aromatic rings. The van der Waals surface area contributed by atoms with Crippen molar-refractivity contribution in [2.24, 2.45) is 0 Å². The van der Waals surface area contributed by atoms with E-state index in [1.165, 1.54) is 16.7 Å². The highest BCUT2D eigenvalue weighted by molar-refractivity contribution is 8.04. The first-order chi connectivity index (χ1) is 15.1. The molecule has 2 aliphatic rings. The third kappa shape index (κ3) is 5.89. The van der Waals surface area contributed by atoms with Crippen molar-refractivity contribution in [2.75, 3.05) is 44.7 Å². The van der Waals surface area contributed by atoms with E-state index in [9.17, 15) is 9.59 Å². The van der Waals surface area contributed by atoms with Crippen LogP contribution in [0.4, 0.5) is 5.69 Å². The van der Waals surface area contributed by atoms with Crippen molar-refractivity contribution < 1.29 is 19.2 Å². The van der Waals surface area contributed by atoms with Crippen molar-refractivity contribution in [1.29, 1.82) is 0 Å². The molecule has 0 unspecified atom stereocenters. The van der Waals surface area contributed by atoms with Gasteiger partial charge in [-0.15, -0.1) is 0 Å². The Bertz CT molecular complexity index is 1010. The highest BCUT2D eigenvalue weighted by Crippen LogP contribution is 2.39. The van der Waals surface area contributed by atoms with Gasteiger partial charge in [0.15, 0.2) is 0 Å². The van der Waals surface area contributed by atoms with E-state index in [4.69, 9.17) is 16.3 Å². The fourth-order valence-electron chi connectivity index (χ4n) is 3.60. The van der Waals surface area contributed by atoms with Gasteiger partial charge in [-0.05, 0) is 42.0 Å². The van der Waals surface area contributed by atoms with E-state index >= 15 is 0 Å². The van der Waals surface area contributed by atoms with Gasteiger partial charge in [-0.2, -0.15) is 0 Å². The van der Waals surface area contributed by atoms with Crippen molar-refractivity contribution in [3.8, 4) is 0 Å². The first kappa shape index (κ1) is 21.9. The molecule has 4 rings (SSSR count). The van der Waals surface area contributed by atoms with Gasteiger partial charge >= 0.3 is 0 Å². The number of halogens is 1. The molecule has 2 amide bonds. The van der Waals surface area contributed by atoms with Gasteiger partial charge in [0, 0.05) is 28.4 Å². The molecule has 8 heteroatoms. The topological polar surface area (TPSA) is 71.9 Å². The zero-order valence-electron chi connectivity index (χ0n) is 17.1. The molecular weight excluding hydrogens is 434 g/mol. The van der Waals surface area contributed by atoms with Crippen LogP contribution in [0.3, 0.4) is 0 Å². The zero-order chi connectivity index (χ0) is 21.6. The zero-order valence-corrected chi connectivity index (χ0v) is 18.7. The predicted molar refractivity (Wildman–Crippen MR) is 124 cm³/mol. The second-order valence-electron chi connectivity index (χ2n) is 7.55. The number of fused-ring (bicyclic) bond motifs is 1. The van der Waals surface area contributed by atoms with Gasteiger partial charge in [-0.25, -0.2) is 0 Å². The number of rotatable bonds is 6. The summed E-state index contributed by atoms with van der Waals surface area (Å²) in [7, 11) is 0. The van der Waals surface area contributed by atoms with Crippen LogP contribution in [0.5, 0.6) is 0 Å². The molecule has 6 nitrogen and oxygen atoms in total. The largest absolute Gasteiger partial charge is 0.370 e. The molecule has 0 spiro atoms. The average molecular weight is 459 g/mol. The molecule has 162 valence electrons. The van der Waals surface area contributed by atoms with Crippen LogP contribution in [-0.2, 0) is 9.53 Å². The van der Waals surface area contributed by atoms with Crippen molar-refractivity contribution in [3.05, 3.63) is 63.5 Å². The monoisotopic (exact) mass is 458 g/mol. The standard InChI is InChI=1S/C23H24ClN3O3S/c24-18-4-1-3-16(13-18)14-21-23(29)26-19-15-17(5-6-20(19)31-21)22(28)25-7-2-8-27-9-11-30-12-10-27/h1,3-6,13-15H,2,7-12H2,(H,25,28)(H,26,29)/p+1. The van der Waals surface area contributed by atoms with Crippen LogP contribution >= 0.6 is 23.4 Å². The van der Waals surface area contributed by atoms with Gasteiger partial charge in [-0.1, -0.05) is 35.5 Å². The maximum atomic E-state index is 12.5. The van der Waals surface area contributed by atoms with E-state index in [1.807, 2.05) is 30.3 Å². The number of hydrogen-bond donors (Lipinski definition) is 3. The fourth-order valence-corrected chi connectivity index (χ4v) is 4.73. The lowest BCUT2D eigenvalue weighted by Gasteiger charge is -2.23. The van der Waals surface area contributed by atoms with Crippen molar-refractivity contribution >= 4 is 46.9 Å². The Hall–Kier alpha value is -2.32. The smallest absolute Gasteiger partial charge is 0.262 e. The van der Waals surface area contributed by atoms with Crippen molar-refractivity contribution in [3.63, 3.8) is 0 Å². The van der Waals surface area contributed by atoms with E-state index < -0.39 is 0 Å². The molecule has 0 aromatic heterocycles. The molecule has 2 aromatic carbocycles. The minimum atomic E-state index is -0.191. The molecule has 0 saturated carbocycles. The Morgan fingerprint density at radius 3 is 2.87 bits per heavy atom. The molecule has 0 atom stereocenters. The van der Waals surface area contributed by atoms with Gasteiger partial charge in [0.1, 0.15) is 13.1 Å². The lowest BCUT2D eigenvalue weighted by Crippen LogP contribution is -3.14. The summed E-state index contributed by atoms with van der Waals surface area (Å²) in [6.45, 7) is 5.36. The van der Waals surface area contributed by atoms with Crippen LogP contribution < -0.4 is 15.5 Å². The molecule has 2 heterocycles. The normalized spacial score (nSPS) is 17.8. The summed E-state index contributed by atoms with van der Waals surface area (Å²) in [5.41, 5.74) is 2.06. The van der Waals surface area contributed by atoms with Crippen LogP contribution in [0.2, 0.25) is 5.02 Å². The number of amides is 2. The summed E-state index contributed by atoms with van der Waals surface area (Å²) in [4.78, 5) is 28.1. The first-order valence-electron chi connectivity index (χ1n) is 10.4. The van der Waals surface area contributed by atoms with Gasteiger partial charge in [0.25, 0.3) is 11.8 Å². The second kappa shape index (κ2) is 10.3. The summed E-state index contributed by atoms with van der Waals surface area (Å²) in [6, 6.07) is 12.8. The predicted octanol–water partition coefficient (Wildman–Crippen LogP) is 2.46. The van der Waals surface area contributed by atoms with Crippen LogP contribution in [0, 0.1) is 0 Å². The Balaban J connectivity index is 1.35. The maximum absolute atomic E-state index is 12.5. The number of ether oxygens (including phenoxy) is 1. The van der Waals surface area contributed by atoms with Gasteiger partial charge in [-0.3, -0.25) is 9.59 Å². The van der Waals surface area contributed by atoms with Crippen LogP contribution in [0.15, 0.2) is 52.3 Å². The van der Waals surface area contributed by atoms with Crippen molar-refractivity contribution in [2.45, 2.75) is 11.3 Å². The third-order valence-electron chi connectivity index (χ3n) is 5.27. The summed E-state index contributed by atoms with van der Waals surface area (Å²) >= 11 is 7.42. The Morgan fingerprint density at radius 1 is 1.23 bits per heavy atom. The fraction of sp³-hybridized carbons (Fsp3) is 0.304. The summed E-state index contributed by atoms with van der Waals surface area (Å²) in [5, 5.41) is 6.49. The van der Waals surface area contributed by atoms with Crippen LogP contribution in [-0.4, -0.2) is 51.2 Å². The lowest BCUT2D eigenvalue weighted by atomic mass is 10.1. The number of benzene rings is 2. The highest BCUT2D eigenvalue weighted by Gasteiger charge is 2.22. The Morgan fingerprint density at radius 2 is 2.06 bits per heavy atom. The quantitative estimate of drug-likeness (QED) is 0.459. The maximum Gasteiger partial charge on any atom is 0.262 e. The van der Waals surface area contributed by atoms with Gasteiger partial charge in [0.05, 0.1) is 30.4 Å². The summed E-state index contributed by atoms with van der Waals surface area (Å²) in [6.07, 6.45) is 2.74. The molecule has 2 aliphatic heterocycles. The molecule has 3 N–H and O–H groups in total. The number of carbonyl (C=O) groups is 2. The molecule has 0 bridgehead atoms. The van der Waals surface area contributed by atoms with E-state index in [0.717, 1.165) is 49.7 Å². The van der Waals surface area contributed by atoms with E-state index in [-0.39, 0.29) is 11.8 Å². The van der Waals surface area contributed by atoms with E-state index in [2.05, 4.69) is 10.6 Å². The lowest BCUT2D eigenvalue weighted by molar-refractivity contribution is -0.908. The van der Waals surface area contributed by atoms with E-state index in [1.54, 1.807) is 18.2 Å². The molecular formula is C23H25ClN3O3S+. The number of quaternary nitrogens is 1. The number of thioether (sulfide) groups is 1. The van der Waals surface area contributed by atoms with Crippen LogP contribution in [0.25, 0.3) is 6.08 Å².